The Labute approximate surface area is 190 Å². The summed E-state index contributed by atoms with van der Waals surface area (Å²) in [5, 5.41) is 2.97. The van der Waals surface area contributed by atoms with Crippen molar-refractivity contribution in [3.05, 3.63) is 59.2 Å². The summed E-state index contributed by atoms with van der Waals surface area (Å²) in [6, 6.07) is 13.2. The number of hydrogen-bond donors (Lipinski definition) is 1. The number of amides is 1. The zero-order chi connectivity index (χ0) is 22.7. The first kappa shape index (κ1) is 22.3. The smallest absolute Gasteiger partial charge is 0.224 e. The third kappa shape index (κ3) is 5.26. The van der Waals surface area contributed by atoms with Gasteiger partial charge in [-0.2, -0.15) is 0 Å². The van der Waals surface area contributed by atoms with Crippen molar-refractivity contribution in [1.29, 1.82) is 0 Å². The lowest BCUT2D eigenvalue weighted by Crippen LogP contribution is -2.30. The fourth-order valence-electron chi connectivity index (χ4n) is 4.88. The van der Waals surface area contributed by atoms with Gasteiger partial charge in [0.25, 0.3) is 0 Å². The number of anilines is 1. The molecule has 1 heterocycles. The van der Waals surface area contributed by atoms with Crippen LogP contribution in [-0.2, 0) is 11.2 Å². The normalized spacial score (nSPS) is 17.4. The number of hydrogen-bond acceptors (Lipinski definition) is 4. The summed E-state index contributed by atoms with van der Waals surface area (Å²) in [5.41, 5.74) is 3.95. The summed E-state index contributed by atoms with van der Waals surface area (Å²) in [7, 11) is 1.64. The quantitative estimate of drug-likeness (QED) is 0.578. The number of ether oxygens (including phenoxy) is 1. The van der Waals surface area contributed by atoms with Crippen molar-refractivity contribution in [2.24, 2.45) is 10.9 Å². The maximum Gasteiger partial charge on any atom is 0.224 e. The number of Topliss-reactive ketones (excluding diaryl/α,β-unsaturated/α-hetero) is 1. The predicted molar refractivity (Wildman–Crippen MR) is 128 cm³/mol. The molecule has 1 aliphatic heterocycles. The molecule has 0 spiro atoms. The summed E-state index contributed by atoms with van der Waals surface area (Å²) in [6.45, 7) is 4.18. The minimum atomic E-state index is -0.257. The van der Waals surface area contributed by atoms with Crippen LogP contribution >= 0.6 is 0 Å². The van der Waals surface area contributed by atoms with Crippen LogP contribution in [0.5, 0.6) is 5.75 Å². The van der Waals surface area contributed by atoms with Gasteiger partial charge < -0.3 is 10.1 Å². The number of aliphatic imine (C=N–C) groups is 1. The van der Waals surface area contributed by atoms with Crippen molar-refractivity contribution in [3.8, 4) is 5.75 Å². The van der Waals surface area contributed by atoms with Gasteiger partial charge in [0.1, 0.15) is 5.75 Å². The van der Waals surface area contributed by atoms with Gasteiger partial charge in [0.15, 0.2) is 5.78 Å². The van der Waals surface area contributed by atoms with Gasteiger partial charge in [-0.05, 0) is 68.9 Å². The lowest BCUT2D eigenvalue weighted by atomic mass is 9.85. The molecule has 0 unspecified atom stereocenters. The van der Waals surface area contributed by atoms with Gasteiger partial charge in [-0.15, -0.1) is 0 Å². The van der Waals surface area contributed by atoms with E-state index in [0.717, 1.165) is 36.3 Å². The van der Waals surface area contributed by atoms with Crippen LogP contribution in [0.2, 0.25) is 0 Å². The molecule has 32 heavy (non-hydrogen) atoms. The number of carbonyl (C=O) groups excluding carboxylic acids is 2. The van der Waals surface area contributed by atoms with E-state index in [9.17, 15) is 9.59 Å². The lowest BCUT2D eigenvalue weighted by molar-refractivity contribution is -0.117. The molecule has 0 saturated heterocycles. The van der Waals surface area contributed by atoms with Crippen molar-refractivity contribution in [3.63, 3.8) is 0 Å². The highest BCUT2D eigenvalue weighted by Crippen LogP contribution is 2.31. The number of fused-ring (bicyclic) bond motifs is 1. The molecule has 0 bridgehead atoms. The molecule has 1 amide bonds. The molecule has 0 aromatic heterocycles. The molecule has 0 atom stereocenters. The first-order valence-electron chi connectivity index (χ1n) is 11.5. The van der Waals surface area contributed by atoms with Crippen LogP contribution in [0.4, 0.5) is 5.69 Å². The minimum Gasteiger partial charge on any atom is -0.497 e. The molecule has 2 aromatic rings. The van der Waals surface area contributed by atoms with E-state index in [1.54, 1.807) is 19.2 Å². The van der Waals surface area contributed by atoms with Crippen molar-refractivity contribution in [2.45, 2.75) is 64.3 Å². The fraction of sp³-hybridized carbons (Fsp3) is 0.444. The Bertz CT molecular complexity index is 1050. The number of ketones is 1. The molecule has 168 valence electrons. The Morgan fingerprint density at radius 3 is 2.66 bits per heavy atom. The summed E-state index contributed by atoms with van der Waals surface area (Å²) in [6.07, 6.45) is 6.31. The van der Waals surface area contributed by atoms with E-state index in [4.69, 9.17) is 9.73 Å². The Kier molecular flexibility index (Phi) is 6.45. The molecule has 5 heteroatoms. The zero-order valence-corrected chi connectivity index (χ0v) is 19.2. The number of carbonyl (C=O) groups is 2. The summed E-state index contributed by atoms with van der Waals surface area (Å²) in [4.78, 5) is 30.5. The standard InChI is InChI=1S/C27H32N2O3/c1-27(2)17-20-11-12-22(32-3)15-23(20)24(29-27)16-25(30)19-9-6-10-21(14-19)28-26(31)13-18-7-4-5-8-18/h6,9-12,14-15,18H,4-5,7-8,13,16-17H2,1-3H3,(H,28,31). The average Bonchev–Trinajstić information content (AvgIpc) is 3.25. The average molecular weight is 433 g/mol. The molecule has 0 radical (unpaired) electrons. The van der Waals surface area contributed by atoms with Crippen molar-refractivity contribution >= 4 is 23.1 Å². The summed E-state index contributed by atoms with van der Waals surface area (Å²) >= 11 is 0. The molecule has 1 saturated carbocycles. The zero-order valence-electron chi connectivity index (χ0n) is 19.2. The van der Waals surface area contributed by atoms with Gasteiger partial charge in [0.2, 0.25) is 5.91 Å². The molecular weight excluding hydrogens is 400 g/mol. The molecule has 2 aliphatic rings. The van der Waals surface area contributed by atoms with Gasteiger partial charge in [-0.1, -0.05) is 31.0 Å². The molecule has 5 nitrogen and oxygen atoms in total. The maximum atomic E-state index is 13.2. The van der Waals surface area contributed by atoms with E-state index in [0.29, 0.717) is 23.6 Å². The highest BCUT2D eigenvalue weighted by Gasteiger charge is 2.28. The van der Waals surface area contributed by atoms with Gasteiger partial charge >= 0.3 is 0 Å². The van der Waals surface area contributed by atoms with E-state index in [1.165, 1.54) is 18.4 Å². The lowest BCUT2D eigenvalue weighted by Gasteiger charge is -2.29. The first-order valence-corrected chi connectivity index (χ1v) is 11.5. The molecule has 2 aromatic carbocycles. The topological polar surface area (TPSA) is 67.8 Å². The second-order valence-corrected chi connectivity index (χ2v) is 9.65. The van der Waals surface area contributed by atoms with Crippen LogP contribution in [0.25, 0.3) is 0 Å². The van der Waals surface area contributed by atoms with Gasteiger partial charge in [0, 0.05) is 23.2 Å². The summed E-state index contributed by atoms with van der Waals surface area (Å²) in [5.74, 6) is 1.27. The van der Waals surface area contributed by atoms with E-state index < -0.39 is 0 Å². The largest absolute Gasteiger partial charge is 0.497 e. The predicted octanol–water partition coefficient (Wildman–Crippen LogP) is 5.61. The fourth-order valence-corrected chi connectivity index (χ4v) is 4.88. The second-order valence-electron chi connectivity index (χ2n) is 9.65. The minimum absolute atomic E-state index is 0.0119. The van der Waals surface area contributed by atoms with Crippen LogP contribution in [0.3, 0.4) is 0 Å². The molecule has 1 N–H and O–H groups in total. The van der Waals surface area contributed by atoms with Crippen LogP contribution in [-0.4, -0.2) is 30.1 Å². The van der Waals surface area contributed by atoms with E-state index >= 15 is 0 Å². The van der Waals surface area contributed by atoms with Gasteiger partial charge in [-0.25, -0.2) is 0 Å². The molecule has 1 fully saturated rings. The number of nitrogens with one attached hydrogen (secondary N) is 1. The maximum absolute atomic E-state index is 13.2. The van der Waals surface area contributed by atoms with Crippen LogP contribution < -0.4 is 10.1 Å². The third-order valence-corrected chi connectivity index (χ3v) is 6.43. The molecule has 4 rings (SSSR count). The number of nitrogens with zero attached hydrogens (tertiary/aromatic N) is 1. The highest BCUT2D eigenvalue weighted by molar-refractivity contribution is 6.17. The summed E-state index contributed by atoms with van der Waals surface area (Å²) < 4.78 is 5.39. The van der Waals surface area contributed by atoms with Crippen LogP contribution in [0.1, 0.15) is 73.9 Å². The first-order chi connectivity index (χ1) is 15.3. The van der Waals surface area contributed by atoms with E-state index in [1.807, 2.05) is 24.3 Å². The number of rotatable bonds is 7. The monoisotopic (exact) mass is 432 g/mol. The van der Waals surface area contributed by atoms with E-state index in [-0.39, 0.29) is 23.7 Å². The SMILES string of the molecule is COc1ccc2c(c1)C(CC(=O)c1cccc(NC(=O)CC3CCCC3)c1)=NC(C)(C)C2. The van der Waals surface area contributed by atoms with Crippen LogP contribution in [0, 0.1) is 5.92 Å². The Hall–Kier alpha value is -2.95. The van der Waals surface area contributed by atoms with Crippen molar-refractivity contribution in [1.82, 2.24) is 0 Å². The Morgan fingerprint density at radius 2 is 1.91 bits per heavy atom. The number of methoxy groups -OCH3 is 1. The van der Waals surface area contributed by atoms with Crippen molar-refractivity contribution in [2.75, 3.05) is 12.4 Å². The molecular formula is C27H32N2O3. The number of benzene rings is 2. The Morgan fingerprint density at radius 1 is 1.12 bits per heavy atom. The molecule has 1 aliphatic carbocycles. The van der Waals surface area contributed by atoms with Gasteiger partial charge in [-0.3, -0.25) is 14.6 Å². The highest BCUT2D eigenvalue weighted by atomic mass is 16.5. The van der Waals surface area contributed by atoms with Crippen LogP contribution in [0.15, 0.2) is 47.5 Å². The van der Waals surface area contributed by atoms with Crippen molar-refractivity contribution < 1.29 is 14.3 Å². The third-order valence-electron chi connectivity index (χ3n) is 6.43. The van der Waals surface area contributed by atoms with E-state index in [2.05, 4.69) is 25.2 Å². The van der Waals surface area contributed by atoms with Gasteiger partial charge in [0.05, 0.1) is 24.8 Å². The Balaban J connectivity index is 1.49. The second kappa shape index (κ2) is 9.27.